The Balaban J connectivity index is 3.40. The summed E-state index contributed by atoms with van der Waals surface area (Å²) in [4.78, 5) is 69.2. The number of ether oxygens (including phenoxy) is 4. The summed E-state index contributed by atoms with van der Waals surface area (Å²) in [6, 6.07) is -0.806. The van der Waals surface area contributed by atoms with Crippen molar-refractivity contribution < 1.29 is 58.0 Å². The van der Waals surface area contributed by atoms with Crippen molar-refractivity contribution in [3.63, 3.8) is 0 Å². The largest absolute Gasteiger partial charge is 0.481 e. The zero-order valence-corrected chi connectivity index (χ0v) is 35.0. The summed E-state index contributed by atoms with van der Waals surface area (Å²) in [7, 11) is 5.11. The number of hydrogen-bond acceptors (Lipinski definition) is 12. The highest BCUT2D eigenvalue weighted by atomic mass is 16.5. The van der Waals surface area contributed by atoms with E-state index in [9.17, 15) is 28.8 Å². The van der Waals surface area contributed by atoms with Crippen molar-refractivity contribution in [2.45, 2.75) is 141 Å². The fourth-order valence-electron chi connectivity index (χ4n) is 5.71. The van der Waals surface area contributed by atoms with Gasteiger partial charge in [0.2, 0.25) is 23.6 Å². The Morgan fingerprint density at radius 1 is 0.431 bits per heavy atom. The van der Waals surface area contributed by atoms with E-state index in [1.54, 1.807) is 0 Å². The van der Waals surface area contributed by atoms with Crippen LogP contribution in [0, 0.1) is 0 Å². The molecule has 18 heteroatoms. The van der Waals surface area contributed by atoms with Crippen LogP contribution >= 0.6 is 0 Å². The Bertz CT molecular complexity index is 1080. The van der Waals surface area contributed by atoms with Gasteiger partial charge in [-0.15, -0.1) is 0 Å². The van der Waals surface area contributed by atoms with E-state index in [2.05, 4.69) is 21.3 Å². The monoisotopic (exact) mass is 828 g/mol. The van der Waals surface area contributed by atoms with E-state index in [1.807, 2.05) is 5.48 Å². The lowest BCUT2D eigenvalue weighted by atomic mass is 9.92. The molecule has 0 saturated carbocycles. The molecule has 0 unspecified atom stereocenters. The Kier molecular flexibility index (Phi) is 39.7. The molecule has 0 heterocycles. The predicted molar refractivity (Wildman–Crippen MR) is 219 cm³/mol. The van der Waals surface area contributed by atoms with Crippen molar-refractivity contribution in [1.82, 2.24) is 26.7 Å². The molecule has 0 aliphatic heterocycles. The third kappa shape index (κ3) is 41.0. The maximum atomic E-state index is 12.1. The van der Waals surface area contributed by atoms with E-state index in [0.29, 0.717) is 71.3 Å². The average molecular weight is 828 g/mol. The Morgan fingerprint density at radius 2 is 0.810 bits per heavy atom. The van der Waals surface area contributed by atoms with Gasteiger partial charge in [-0.2, -0.15) is 5.48 Å². The van der Waals surface area contributed by atoms with Crippen molar-refractivity contribution in [3.8, 4) is 0 Å². The van der Waals surface area contributed by atoms with Gasteiger partial charge in [0, 0.05) is 45.4 Å². The molecule has 0 aliphatic rings. The molecular weight excluding hydrogens is 753 g/mol. The normalized spacial score (nSPS) is 11.5. The van der Waals surface area contributed by atoms with Crippen LogP contribution in [-0.4, -0.2) is 139 Å². The topological polar surface area (TPSA) is 240 Å². The number of amides is 4. The van der Waals surface area contributed by atoms with E-state index in [0.717, 1.165) is 38.5 Å². The molecule has 0 bridgehead atoms. The van der Waals surface area contributed by atoms with Crippen molar-refractivity contribution in [1.29, 1.82) is 0 Å². The summed E-state index contributed by atoms with van der Waals surface area (Å²) < 4.78 is 21.3. The van der Waals surface area contributed by atoms with Crippen LogP contribution in [0.5, 0.6) is 0 Å². The van der Waals surface area contributed by atoms with E-state index in [-0.39, 0.29) is 76.3 Å². The summed E-state index contributed by atoms with van der Waals surface area (Å²) in [5, 5.41) is 28.5. The minimum Gasteiger partial charge on any atom is -0.481 e. The Morgan fingerprint density at radius 3 is 1.28 bits per heavy atom. The standard InChI is InChI=1S/C40H74BN5O12/c41-40(53)34(46-54)18-15-16-22-43-37(49)32-57-30-29-56-27-25-45-38(50)33-58-31-28-55-26-24-44-36(48)20-17-23-42-35(47)19-13-11-9-7-5-3-1-2-4-6-8-10-12-14-21-39(51)52/h34,46,54H,1-33H2,(H,42,47)(H,43,49)(H,44,48)(H,45,50)(H,51,52)/t34-/m0/s1. The third-order valence-electron chi connectivity index (χ3n) is 9.04. The number of aliphatic carboxylic acids is 1. The van der Waals surface area contributed by atoms with Gasteiger partial charge in [-0.05, 0) is 38.5 Å². The number of carboxylic acid groups (broad SMARTS) is 1. The van der Waals surface area contributed by atoms with Crippen LogP contribution in [0.15, 0.2) is 0 Å². The fourth-order valence-corrected chi connectivity index (χ4v) is 5.71. The predicted octanol–water partition coefficient (Wildman–Crippen LogP) is 2.84. The molecular formula is C40H74BN5O12. The minimum atomic E-state index is -0.806. The van der Waals surface area contributed by atoms with Crippen molar-refractivity contribution in [3.05, 3.63) is 0 Å². The number of nitrogens with one attached hydrogen (secondary N) is 5. The second-order valence-corrected chi connectivity index (χ2v) is 14.3. The SMILES string of the molecule is [B]C(=O)[C@H](CCCCNC(=O)COCCOCCNC(=O)COCCOCCNC(=O)CCCNC(=O)CCCCCCCCCCCCCCCCC(=O)O)NO. The van der Waals surface area contributed by atoms with E-state index >= 15 is 0 Å². The molecule has 0 rings (SSSR count). The molecule has 0 saturated heterocycles. The molecule has 0 aromatic heterocycles. The highest BCUT2D eigenvalue weighted by Gasteiger charge is 2.11. The summed E-state index contributed by atoms with van der Waals surface area (Å²) in [5.74, 6) is -1.34. The molecule has 58 heavy (non-hydrogen) atoms. The molecule has 17 nitrogen and oxygen atoms in total. The van der Waals surface area contributed by atoms with Crippen LogP contribution < -0.4 is 26.7 Å². The van der Waals surface area contributed by atoms with E-state index < -0.39 is 17.7 Å². The highest BCUT2D eigenvalue weighted by Crippen LogP contribution is 2.14. The number of unbranched alkanes of at least 4 members (excludes halogenated alkanes) is 14. The first-order chi connectivity index (χ1) is 28.1. The molecule has 1 atom stereocenters. The number of rotatable bonds is 44. The molecule has 0 spiro atoms. The molecule has 0 fully saturated rings. The molecule has 2 radical (unpaired) electrons. The molecule has 4 amide bonds. The van der Waals surface area contributed by atoms with Gasteiger partial charge < -0.3 is 55.3 Å². The molecule has 334 valence electrons. The van der Waals surface area contributed by atoms with Crippen LogP contribution in [-0.2, 0) is 47.7 Å². The maximum Gasteiger partial charge on any atom is 0.303 e. The van der Waals surface area contributed by atoms with Crippen molar-refractivity contribution >= 4 is 43.1 Å². The summed E-state index contributed by atoms with van der Waals surface area (Å²) in [6.07, 6.45) is 19.3. The van der Waals surface area contributed by atoms with Gasteiger partial charge >= 0.3 is 5.97 Å². The summed E-state index contributed by atoms with van der Waals surface area (Å²) in [5.41, 5.74) is 1.21. The Labute approximate surface area is 347 Å². The zero-order valence-electron chi connectivity index (χ0n) is 35.0. The maximum absolute atomic E-state index is 12.1. The minimum absolute atomic E-state index is 0.0329. The number of carboxylic acids is 1. The van der Waals surface area contributed by atoms with E-state index in [4.69, 9.17) is 37.1 Å². The lowest BCUT2D eigenvalue weighted by Gasteiger charge is -2.11. The van der Waals surface area contributed by atoms with Gasteiger partial charge in [0.15, 0.2) is 7.85 Å². The highest BCUT2D eigenvalue weighted by molar-refractivity contribution is 6.59. The van der Waals surface area contributed by atoms with Gasteiger partial charge in [-0.3, -0.25) is 24.0 Å². The number of hydrogen-bond donors (Lipinski definition) is 7. The smallest absolute Gasteiger partial charge is 0.303 e. The van der Waals surface area contributed by atoms with Gasteiger partial charge in [0.05, 0.1) is 51.4 Å². The molecule has 0 aliphatic carbocycles. The van der Waals surface area contributed by atoms with Crippen LogP contribution in [0.4, 0.5) is 0 Å². The van der Waals surface area contributed by atoms with Gasteiger partial charge in [0.25, 0.3) is 0 Å². The first kappa shape index (κ1) is 54.8. The zero-order chi connectivity index (χ0) is 42.7. The van der Waals surface area contributed by atoms with Crippen LogP contribution in [0.1, 0.15) is 135 Å². The van der Waals surface area contributed by atoms with Crippen LogP contribution in [0.25, 0.3) is 0 Å². The first-order valence-corrected chi connectivity index (χ1v) is 21.4. The Hall–Kier alpha value is -3.16. The number of carbonyl (C=O) groups is 6. The van der Waals surface area contributed by atoms with Crippen LogP contribution in [0.2, 0.25) is 0 Å². The third-order valence-corrected chi connectivity index (χ3v) is 9.04. The van der Waals surface area contributed by atoms with Gasteiger partial charge in [-0.25, -0.2) is 0 Å². The van der Waals surface area contributed by atoms with Crippen LogP contribution in [0.3, 0.4) is 0 Å². The lowest BCUT2D eigenvalue weighted by molar-refractivity contribution is -0.137. The van der Waals surface area contributed by atoms with E-state index in [1.165, 1.54) is 51.4 Å². The summed E-state index contributed by atoms with van der Waals surface area (Å²) in [6.45, 7) is 2.84. The second-order valence-electron chi connectivity index (χ2n) is 14.3. The first-order valence-electron chi connectivity index (χ1n) is 21.4. The number of carbonyl (C=O) groups excluding carboxylic acids is 5. The lowest BCUT2D eigenvalue weighted by Crippen LogP contribution is -2.35. The van der Waals surface area contributed by atoms with Gasteiger partial charge in [0.1, 0.15) is 13.2 Å². The summed E-state index contributed by atoms with van der Waals surface area (Å²) >= 11 is 0. The van der Waals surface area contributed by atoms with Gasteiger partial charge in [-0.1, -0.05) is 77.0 Å². The molecule has 0 aromatic carbocycles. The fraction of sp³-hybridized carbons (Fsp3) is 0.850. The number of hydroxylamine groups is 1. The average Bonchev–Trinajstić information content (AvgIpc) is 3.19. The quantitative estimate of drug-likeness (QED) is 0.0266. The van der Waals surface area contributed by atoms with Crippen molar-refractivity contribution in [2.75, 3.05) is 79.0 Å². The van der Waals surface area contributed by atoms with Crippen molar-refractivity contribution in [2.24, 2.45) is 0 Å². The molecule has 0 aromatic rings. The molecule has 7 N–H and O–H groups in total. The second kappa shape index (κ2) is 42.0.